The molecule has 2 aromatic rings. The molecule has 0 amide bonds. The molecule has 3 nitrogen and oxygen atoms in total. The lowest BCUT2D eigenvalue weighted by Gasteiger charge is -2.45. The Morgan fingerprint density at radius 3 is 2.54 bits per heavy atom. The highest BCUT2D eigenvalue weighted by atomic mass is 19.4. The number of nitrogens with zero attached hydrogens (tertiary/aromatic N) is 1. The van der Waals surface area contributed by atoms with Crippen LogP contribution >= 0.6 is 0 Å². The van der Waals surface area contributed by atoms with Crippen molar-refractivity contribution in [2.75, 3.05) is 0 Å². The Hall–Kier alpha value is -2.63. The van der Waals surface area contributed by atoms with E-state index in [2.05, 4.69) is 11.1 Å². The van der Waals surface area contributed by atoms with Crippen molar-refractivity contribution >= 4 is 12.0 Å². The number of hydrogen-bond donors (Lipinski definition) is 0. The van der Waals surface area contributed by atoms with E-state index in [1.165, 1.54) is 31.7 Å². The molecule has 3 aliphatic rings. The summed E-state index contributed by atoms with van der Waals surface area (Å²) in [4.78, 5) is 16.9. The summed E-state index contributed by atoms with van der Waals surface area (Å²) in [7, 11) is 0. The van der Waals surface area contributed by atoms with Gasteiger partial charge in [-0.05, 0) is 67.4 Å². The number of allylic oxidation sites excluding steroid dienone is 1. The average Bonchev–Trinajstić information content (AvgIpc) is 3.16. The van der Waals surface area contributed by atoms with Crippen LogP contribution in [-0.4, -0.2) is 17.1 Å². The molecule has 2 heterocycles. The van der Waals surface area contributed by atoms with Crippen LogP contribution in [0.15, 0.2) is 48.7 Å². The van der Waals surface area contributed by atoms with Gasteiger partial charge in [-0.2, -0.15) is 13.2 Å². The standard InChI is InChI=1S/C27H28F3NO2.C2H6/c1-16-25-23(22-8-3-2-5-18(22)14-24(25)26(32)33-16)12-11-21-10-9-19(15-31-21)17-6-4-7-20(13-17)27(28,29)30;1-2/h4,6-7,9-13,15-16,18,22-25H,2-3,5,8,14H2,1H3;1-2H3/b12-11+;. The van der Waals surface area contributed by atoms with Crippen LogP contribution < -0.4 is 0 Å². The molecule has 188 valence electrons. The lowest BCUT2D eigenvalue weighted by molar-refractivity contribution is -0.144. The van der Waals surface area contributed by atoms with E-state index >= 15 is 0 Å². The number of halogens is 3. The Morgan fingerprint density at radius 2 is 1.83 bits per heavy atom. The number of rotatable bonds is 3. The number of pyridine rings is 1. The van der Waals surface area contributed by atoms with Crippen molar-refractivity contribution in [3.63, 3.8) is 0 Å². The molecule has 6 unspecified atom stereocenters. The summed E-state index contributed by atoms with van der Waals surface area (Å²) in [5.74, 6) is 1.57. The van der Waals surface area contributed by atoms with Gasteiger partial charge in [-0.1, -0.05) is 57.4 Å². The monoisotopic (exact) mass is 485 g/mol. The Labute approximate surface area is 205 Å². The number of fused-ring (bicyclic) bond motifs is 2. The Balaban J connectivity index is 0.00000141. The fourth-order valence-corrected chi connectivity index (χ4v) is 6.35. The number of alkyl halides is 3. The van der Waals surface area contributed by atoms with E-state index in [9.17, 15) is 18.0 Å². The van der Waals surface area contributed by atoms with Crippen LogP contribution in [0.1, 0.15) is 64.1 Å². The molecule has 2 aliphatic carbocycles. The molecule has 5 rings (SSSR count). The van der Waals surface area contributed by atoms with Gasteiger partial charge < -0.3 is 4.74 Å². The first-order valence-electron chi connectivity index (χ1n) is 12.8. The van der Waals surface area contributed by atoms with Gasteiger partial charge in [0.2, 0.25) is 0 Å². The minimum atomic E-state index is -4.37. The molecule has 6 atom stereocenters. The molecule has 0 N–H and O–H groups in total. The van der Waals surface area contributed by atoms with Crippen molar-refractivity contribution in [2.45, 2.75) is 65.2 Å². The lowest BCUT2D eigenvalue weighted by atomic mass is 9.57. The highest BCUT2D eigenvalue weighted by molar-refractivity contribution is 5.75. The third-order valence-electron chi connectivity index (χ3n) is 7.87. The number of hydrogen-bond acceptors (Lipinski definition) is 3. The van der Waals surface area contributed by atoms with Gasteiger partial charge in [0, 0.05) is 17.7 Å². The predicted octanol–water partition coefficient (Wildman–Crippen LogP) is 7.81. The van der Waals surface area contributed by atoms with Crippen LogP contribution in [0.4, 0.5) is 13.2 Å². The van der Waals surface area contributed by atoms with Gasteiger partial charge in [0.25, 0.3) is 0 Å². The molecule has 0 bridgehead atoms. The lowest BCUT2D eigenvalue weighted by Crippen LogP contribution is -2.42. The summed E-state index contributed by atoms with van der Waals surface area (Å²) in [6, 6.07) is 8.94. The van der Waals surface area contributed by atoms with Crippen LogP contribution in [0, 0.1) is 29.6 Å². The molecule has 1 aliphatic heterocycles. The summed E-state index contributed by atoms with van der Waals surface area (Å²) in [5.41, 5.74) is 1.23. The van der Waals surface area contributed by atoms with Gasteiger partial charge in [0.05, 0.1) is 17.2 Å². The molecule has 35 heavy (non-hydrogen) atoms. The molecular weight excluding hydrogens is 451 g/mol. The maximum atomic E-state index is 13.0. The Bertz CT molecular complexity index is 1050. The zero-order chi connectivity index (χ0) is 25.2. The van der Waals surface area contributed by atoms with E-state index in [0.717, 1.165) is 24.2 Å². The number of carbonyl (C=O) groups excluding carboxylic acids is 1. The number of aromatic nitrogens is 1. The number of cyclic esters (lactones) is 1. The van der Waals surface area contributed by atoms with Crippen LogP contribution in [0.3, 0.4) is 0 Å². The summed E-state index contributed by atoms with van der Waals surface area (Å²) in [6.07, 6.45) is 7.18. The fraction of sp³-hybridized carbons (Fsp3) is 0.517. The van der Waals surface area contributed by atoms with E-state index in [4.69, 9.17) is 4.74 Å². The zero-order valence-electron chi connectivity index (χ0n) is 20.6. The van der Waals surface area contributed by atoms with Crippen LogP contribution in [0.25, 0.3) is 17.2 Å². The van der Waals surface area contributed by atoms with Gasteiger partial charge in [0.15, 0.2) is 0 Å². The Morgan fingerprint density at radius 1 is 1.06 bits per heavy atom. The largest absolute Gasteiger partial charge is 0.462 e. The maximum Gasteiger partial charge on any atom is 0.416 e. The molecule has 3 fully saturated rings. The Kier molecular flexibility index (Phi) is 7.67. The first kappa shape index (κ1) is 25.5. The molecule has 1 saturated heterocycles. The topological polar surface area (TPSA) is 39.2 Å². The van der Waals surface area contributed by atoms with E-state index in [0.29, 0.717) is 23.0 Å². The molecule has 2 saturated carbocycles. The summed E-state index contributed by atoms with van der Waals surface area (Å²) < 4.78 is 44.7. The van der Waals surface area contributed by atoms with Crippen molar-refractivity contribution in [2.24, 2.45) is 29.6 Å². The number of ether oxygens (including phenoxy) is 1. The molecule has 0 spiro atoms. The molecule has 0 radical (unpaired) electrons. The molecular formula is C29H34F3NO2. The number of esters is 1. The van der Waals surface area contributed by atoms with Crippen LogP contribution in [-0.2, 0) is 15.7 Å². The average molecular weight is 486 g/mol. The van der Waals surface area contributed by atoms with E-state index in [-0.39, 0.29) is 29.8 Å². The second-order valence-electron chi connectivity index (χ2n) is 9.76. The minimum Gasteiger partial charge on any atom is -0.462 e. The maximum absolute atomic E-state index is 13.0. The minimum absolute atomic E-state index is 0.00903. The third kappa shape index (κ3) is 5.31. The van der Waals surface area contributed by atoms with Gasteiger partial charge in [0.1, 0.15) is 6.10 Å². The predicted molar refractivity (Wildman–Crippen MR) is 131 cm³/mol. The first-order chi connectivity index (χ1) is 16.8. The molecule has 1 aromatic heterocycles. The van der Waals surface area contributed by atoms with Crippen LogP contribution in [0.5, 0.6) is 0 Å². The van der Waals surface area contributed by atoms with Gasteiger partial charge in [-0.3, -0.25) is 9.78 Å². The van der Waals surface area contributed by atoms with Gasteiger partial charge in [-0.25, -0.2) is 0 Å². The van der Waals surface area contributed by atoms with Gasteiger partial charge >= 0.3 is 12.1 Å². The summed E-state index contributed by atoms with van der Waals surface area (Å²) in [5, 5.41) is 0. The normalized spacial score (nSPS) is 30.2. The van der Waals surface area contributed by atoms with E-state index in [1.54, 1.807) is 18.3 Å². The zero-order valence-corrected chi connectivity index (χ0v) is 20.6. The smallest absolute Gasteiger partial charge is 0.416 e. The first-order valence-corrected chi connectivity index (χ1v) is 12.8. The SMILES string of the molecule is CC.CC1OC(=O)C2CC3CCCCC3C(/C=C/c3ccc(-c4cccc(C(F)(F)F)c4)cn3)C12. The third-order valence-corrected chi connectivity index (χ3v) is 7.87. The molecule has 6 heteroatoms. The van der Waals surface area contributed by atoms with Crippen molar-refractivity contribution in [3.05, 3.63) is 59.9 Å². The quantitative estimate of drug-likeness (QED) is 0.416. The van der Waals surface area contributed by atoms with E-state index in [1.807, 2.05) is 32.9 Å². The molecule has 1 aromatic carbocycles. The van der Waals surface area contributed by atoms with Crippen molar-refractivity contribution in [1.29, 1.82) is 0 Å². The number of carbonyl (C=O) groups is 1. The fourth-order valence-electron chi connectivity index (χ4n) is 6.35. The van der Waals surface area contributed by atoms with Gasteiger partial charge in [-0.15, -0.1) is 0 Å². The number of benzene rings is 1. The highest BCUT2D eigenvalue weighted by Crippen LogP contribution is 2.53. The van der Waals surface area contributed by atoms with E-state index < -0.39 is 11.7 Å². The second-order valence-corrected chi connectivity index (χ2v) is 9.76. The van der Waals surface area contributed by atoms with Crippen LogP contribution in [0.2, 0.25) is 0 Å². The van der Waals surface area contributed by atoms with Crippen molar-refractivity contribution < 1.29 is 22.7 Å². The summed E-state index contributed by atoms with van der Waals surface area (Å²) >= 11 is 0. The second kappa shape index (κ2) is 10.5. The van der Waals surface area contributed by atoms with Crippen molar-refractivity contribution in [3.8, 4) is 11.1 Å². The highest BCUT2D eigenvalue weighted by Gasteiger charge is 2.53. The summed E-state index contributed by atoms with van der Waals surface area (Å²) in [6.45, 7) is 6.01. The van der Waals surface area contributed by atoms with Crippen molar-refractivity contribution in [1.82, 2.24) is 4.98 Å².